The monoisotopic (exact) mass is 216 g/mol. The Labute approximate surface area is 92.7 Å². The van der Waals surface area contributed by atoms with Gasteiger partial charge in [-0.2, -0.15) is 11.8 Å². The third kappa shape index (κ3) is 3.47. The van der Waals surface area contributed by atoms with E-state index in [-0.39, 0.29) is 6.10 Å². The van der Waals surface area contributed by atoms with Gasteiger partial charge in [0.2, 0.25) is 0 Å². The Morgan fingerprint density at radius 3 is 2.57 bits per heavy atom. The molecule has 84 valence electrons. The molecule has 1 nitrogen and oxygen atoms in total. The Bertz CT molecular complexity index is 160. The van der Waals surface area contributed by atoms with Crippen molar-refractivity contribution in [3.8, 4) is 0 Å². The zero-order valence-corrected chi connectivity index (χ0v) is 10.5. The van der Waals surface area contributed by atoms with Crippen LogP contribution < -0.4 is 0 Å². The normalized spacial score (nSPS) is 35.6. The summed E-state index contributed by atoms with van der Waals surface area (Å²) < 4.78 is 0. The molecule has 0 bridgehead atoms. The Hall–Kier alpha value is 0.310. The minimum absolute atomic E-state index is 0.0603. The van der Waals surface area contributed by atoms with E-state index in [0.29, 0.717) is 5.92 Å². The van der Waals surface area contributed by atoms with Gasteiger partial charge in [-0.3, -0.25) is 0 Å². The van der Waals surface area contributed by atoms with Crippen molar-refractivity contribution in [2.75, 3.05) is 11.5 Å². The number of thioether (sulfide) groups is 1. The van der Waals surface area contributed by atoms with E-state index in [2.05, 4.69) is 20.8 Å². The van der Waals surface area contributed by atoms with Gasteiger partial charge < -0.3 is 5.11 Å². The Morgan fingerprint density at radius 2 is 2.00 bits per heavy atom. The van der Waals surface area contributed by atoms with Crippen LogP contribution in [0.1, 0.15) is 40.0 Å². The van der Waals surface area contributed by atoms with E-state index in [1.54, 1.807) is 0 Å². The summed E-state index contributed by atoms with van der Waals surface area (Å²) in [6, 6.07) is 0. The van der Waals surface area contributed by atoms with Gasteiger partial charge in [0.25, 0.3) is 0 Å². The van der Waals surface area contributed by atoms with E-state index < -0.39 is 0 Å². The van der Waals surface area contributed by atoms with Gasteiger partial charge in [0, 0.05) is 5.75 Å². The summed E-state index contributed by atoms with van der Waals surface area (Å²) >= 11 is 1.86. The number of rotatable bonds is 4. The number of aliphatic hydroxyl groups excluding tert-OH is 1. The number of hydrogen-bond donors (Lipinski definition) is 1. The maximum atomic E-state index is 9.99. The molecule has 0 aliphatic heterocycles. The van der Waals surface area contributed by atoms with Crippen molar-refractivity contribution in [2.45, 2.75) is 46.1 Å². The van der Waals surface area contributed by atoms with Gasteiger partial charge in [-0.15, -0.1) is 0 Å². The van der Waals surface area contributed by atoms with E-state index >= 15 is 0 Å². The SMILES string of the molecule is CCSCC(O)C1CCC(C)C(C)C1. The Kier molecular flexibility index (Phi) is 5.32. The quantitative estimate of drug-likeness (QED) is 0.779. The minimum Gasteiger partial charge on any atom is -0.392 e. The highest BCUT2D eigenvalue weighted by Crippen LogP contribution is 2.35. The van der Waals surface area contributed by atoms with Crippen LogP contribution in [0.25, 0.3) is 0 Å². The molecule has 0 amide bonds. The predicted octanol–water partition coefficient (Wildman–Crippen LogP) is 3.17. The van der Waals surface area contributed by atoms with Gasteiger partial charge in [-0.1, -0.05) is 27.2 Å². The highest BCUT2D eigenvalue weighted by Gasteiger charge is 2.28. The zero-order valence-electron chi connectivity index (χ0n) is 9.70. The first-order chi connectivity index (χ1) is 6.65. The van der Waals surface area contributed by atoms with Crippen LogP contribution in [0.4, 0.5) is 0 Å². The van der Waals surface area contributed by atoms with Crippen LogP contribution in [0.15, 0.2) is 0 Å². The van der Waals surface area contributed by atoms with Crippen molar-refractivity contribution in [3.05, 3.63) is 0 Å². The van der Waals surface area contributed by atoms with Gasteiger partial charge in [-0.05, 0) is 36.3 Å². The summed E-state index contributed by atoms with van der Waals surface area (Å²) in [5.41, 5.74) is 0. The third-order valence-electron chi connectivity index (χ3n) is 3.68. The molecule has 4 atom stereocenters. The second-order valence-electron chi connectivity index (χ2n) is 4.75. The van der Waals surface area contributed by atoms with Crippen molar-refractivity contribution < 1.29 is 5.11 Å². The summed E-state index contributed by atoms with van der Waals surface area (Å²) in [7, 11) is 0. The first-order valence-electron chi connectivity index (χ1n) is 5.91. The van der Waals surface area contributed by atoms with Crippen LogP contribution in [-0.4, -0.2) is 22.7 Å². The molecule has 1 aliphatic rings. The molecule has 1 saturated carbocycles. The minimum atomic E-state index is -0.0603. The summed E-state index contributed by atoms with van der Waals surface area (Å²) in [5, 5.41) is 9.99. The van der Waals surface area contributed by atoms with E-state index in [9.17, 15) is 5.11 Å². The molecule has 4 unspecified atom stereocenters. The lowest BCUT2D eigenvalue weighted by Gasteiger charge is -2.34. The molecule has 2 heteroatoms. The fourth-order valence-electron chi connectivity index (χ4n) is 2.31. The van der Waals surface area contributed by atoms with E-state index in [0.717, 1.165) is 23.3 Å². The van der Waals surface area contributed by atoms with Crippen LogP contribution in [0, 0.1) is 17.8 Å². The maximum Gasteiger partial charge on any atom is 0.0658 e. The van der Waals surface area contributed by atoms with E-state index in [4.69, 9.17) is 0 Å². The van der Waals surface area contributed by atoms with Gasteiger partial charge in [-0.25, -0.2) is 0 Å². The maximum absolute atomic E-state index is 9.99. The summed E-state index contributed by atoms with van der Waals surface area (Å²) in [6.07, 6.45) is 3.71. The molecular formula is C12H24OS. The van der Waals surface area contributed by atoms with Crippen molar-refractivity contribution in [1.82, 2.24) is 0 Å². The number of aliphatic hydroxyl groups is 1. The first kappa shape index (κ1) is 12.4. The first-order valence-corrected chi connectivity index (χ1v) is 7.06. The van der Waals surface area contributed by atoms with Crippen molar-refractivity contribution >= 4 is 11.8 Å². The molecule has 0 heterocycles. The molecule has 0 saturated heterocycles. The molecule has 0 aromatic carbocycles. The lowest BCUT2D eigenvalue weighted by Crippen LogP contribution is -2.30. The molecule has 0 radical (unpaired) electrons. The predicted molar refractivity (Wildman–Crippen MR) is 64.7 cm³/mol. The smallest absolute Gasteiger partial charge is 0.0658 e. The molecule has 1 N–H and O–H groups in total. The fourth-order valence-corrected chi connectivity index (χ4v) is 3.06. The van der Waals surface area contributed by atoms with Gasteiger partial charge in [0.15, 0.2) is 0 Å². The molecule has 0 aromatic heterocycles. The van der Waals surface area contributed by atoms with Crippen LogP contribution in [0.2, 0.25) is 0 Å². The molecule has 0 spiro atoms. The largest absolute Gasteiger partial charge is 0.392 e. The lowest BCUT2D eigenvalue weighted by molar-refractivity contribution is 0.0730. The Morgan fingerprint density at radius 1 is 1.29 bits per heavy atom. The average molecular weight is 216 g/mol. The number of hydrogen-bond acceptors (Lipinski definition) is 2. The summed E-state index contributed by atoms with van der Waals surface area (Å²) in [6.45, 7) is 6.83. The Balaban J connectivity index is 2.30. The fraction of sp³-hybridized carbons (Fsp3) is 1.00. The molecule has 1 fully saturated rings. The summed E-state index contributed by atoms with van der Waals surface area (Å²) in [5.74, 6) is 4.28. The molecule has 0 aromatic rings. The van der Waals surface area contributed by atoms with E-state index in [1.165, 1.54) is 19.3 Å². The van der Waals surface area contributed by atoms with Crippen molar-refractivity contribution in [1.29, 1.82) is 0 Å². The molecule has 1 aliphatic carbocycles. The van der Waals surface area contributed by atoms with Crippen molar-refractivity contribution in [2.24, 2.45) is 17.8 Å². The topological polar surface area (TPSA) is 20.2 Å². The van der Waals surface area contributed by atoms with Crippen LogP contribution >= 0.6 is 11.8 Å². The molecular weight excluding hydrogens is 192 g/mol. The highest BCUT2D eigenvalue weighted by atomic mass is 32.2. The zero-order chi connectivity index (χ0) is 10.6. The van der Waals surface area contributed by atoms with Crippen LogP contribution in [0.5, 0.6) is 0 Å². The lowest BCUT2D eigenvalue weighted by atomic mass is 9.74. The second-order valence-corrected chi connectivity index (χ2v) is 6.07. The molecule has 14 heavy (non-hydrogen) atoms. The van der Waals surface area contributed by atoms with Crippen molar-refractivity contribution in [3.63, 3.8) is 0 Å². The van der Waals surface area contributed by atoms with E-state index in [1.807, 2.05) is 11.8 Å². The highest BCUT2D eigenvalue weighted by molar-refractivity contribution is 7.99. The van der Waals surface area contributed by atoms with Gasteiger partial charge in [0.1, 0.15) is 0 Å². The average Bonchev–Trinajstić information content (AvgIpc) is 2.18. The third-order valence-corrected chi connectivity index (χ3v) is 4.66. The van der Waals surface area contributed by atoms with Crippen LogP contribution in [0.3, 0.4) is 0 Å². The van der Waals surface area contributed by atoms with Gasteiger partial charge in [0.05, 0.1) is 6.10 Å². The standard InChI is InChI=1S/C12H24OS/c1-4-14-8-12(13)11-6-5-9(2)10(3)7-11/h9-13H,4-8H2,1-3H3. The summed E-state index contributed by atoms with van der Waals surface area (Å²) in [4.78, 5) is 0. The second kappa shape index (κ2) is 6.02. The molecule has 1 rings (SSSR count). The van der Waals surface area contributed by atoms with Crippen LogP contribution in [-0.2, 0) is 0 Å². The van der Waals surface area contributed by atoms with Gasteiger partial charge >= 0.3 is 0 Å².